The van der Waals surface area contributed by atoms with Gasteiger partial charge in [0.2, 0.25) is 0 Å². The minimum absolute atomic E-state index is 0.0553. The van der Waals surface area contributed by atoms with Crippen LogP contribution in [0.15, 0.2) is 30.3 Å². The molecule has 2 aromatic rings. The Balaban J connectivity index is 1.80. The summed E-state index contributed by atoms with van der Waals surface area (Å²) in [5.41, 5.74) is 3.80. The molecular formula is C21H24Cl2O3. The molecule has 3 rings (SSSR count). The lowest BCUT2D eigenvalue weighted by Gasteiger charge is -2.30. The average molecular weight is 395 g/mol. The van der Waals surface area contributed by atoms with E-state index in [0.29, 0.717) is 29.5 Å². The van der Waals surface area contributed by atoms with Gasteiger partial charge < -0.3 is 15.3 Å². The summed E-state index contributed by atoms with van der Waals surface area (Å²) < 4.78 is 0. The van der Waals surface area contributed by atoms with Gasteiger partial charge in [-0.15, -0.1) is 11.6 Å². The number of phenols is 2. The van der Waals surface area contributed by atoms with Gasteiger partial charge in [-0.3, -0.25) is 0 Å². The number of rotatable bonds is 4. The molecule has 3 unspecified atom stereocenters. The van der Waals surface area contributed by atoms with Gasteiger partial charge in [-0.25, -0.2) is 0 Å². The van der Waals surface area contributed by atoms with Crippen LogP contribution in [-0.2, 0) is 12.8 Å². The zero-order valence-corrected chi connectivity index (χ0v) is 16.3. The standard InChI is InChI=1S/C21H24Cl2O3/c1-12-6-15(8-13-2-4-19(24)17(22)10-13)21(26)16(7-12)9-14-3-5-20(25)18(23)11-14/h2,4,6-7,10,14,18,20,24-26H,3,5,8-9,11H2,1H3. The fourth-order valence-corrected chi connectivity index (χ4v) is 4.36. The first-order valence-electron chi connectivity index (χ1n) is 8.94. The Hall–Kier alpha value is -1.42. The summed E-state index contributed by atoms with van der Waals surface area (Å²) in [6.07, 6.45) is 3.27. The second-order valence-corrected chi connectivity index (χ2v) is 8.33. The molecule has 0 amide bonds. The van der Waals surface area contributed by atoms with Gasteiger partial charge in [-0.05, 0) is 67.3 Å². The number of aryl methyl sites for hydroxylation is 1. The molecule has 0 heterocycles. The van der Waals surface area contributed by atoms with E-state index in [0.717, 1.165) is 41.5 Å². The number of benzene rings is 2. The Morgan fingerprint density at radius 2 is 1.81 bits per heavy atom. The molecule has 3 nitrogen and oxygen atoms in total. The third-order valence-electron chi connectivity index (χ3n) is 5.17. The Kier molecular flexibility index (Phi) is 6.01. The van der Waals surface area contributed by atoms with Crippen molar-refractivity contribution in [3.05, 3.63) is 57.6 Å². The Morgan fingerprint density at radius 1 is 1.08 bits per heavy atom. The van der Waals surface area contributed by atoms with E-state index >= 15 is 0 Å². The van der Waals surface area contributed by atoms with Crippen LogP contribution >= 0.6 is 23.2 Å². The minimum atomic E-state index is -0.422. The van der Waals surface area contributed by atoms with Crippen LogP contribution in [0.3, 0.4) is 0 Å². The van der Waals surface area contributed by atoms with E-state index in [-0.39, 0.29) is 11.1 Å². The number of halogens is 2. The van der Waals surface area contributed by atoms with Crippen LogP contribution < -0.4 is 0 Å². The van der Waals surface area contributed by atoms with Gasteiger partial charge in [-0.1, -0.05) is 35.4 Å². The third-order valence-corrected chi connectivity index (χ3v) is 5.95. The molecule has 1 saturated carbocycles. The summed E-state index contributed by atoms with van der Waals surface area (Å²) >= 11 is 12.2. The van der Waals surface area contributed by atoms with Crippen molar-refractivity contribution in [2.24, 2.45) is 5.92 Å². The van der Waals surface area contributed by atoms with Crippen LogP contribution in [0.4, 0.5) is 0 Å². The zero-order chi connectivity index (χ0) is 18.8. The topological polar surface area (TPSA) is 60.7 Å². The van der Waals surface area contributed by atoms with E-state index in [1.807, 2.05) is 25.1 Å². The van der Waals surface area contributed by atoms with Crippen molar-refractivity contribution in [3.63, 3.8) is 0 Å². The number of hydrogen-bond acceptors (Lipinski definition) is 3. The summed E-state index contributed by atoms with van der Waals surface area (Å²) in [6.45, 7) is 2.02. The van der Waals surface area contributed by atoms with Crippen LogP contribution in [0.2, 0.25) is 5.02 Å². The number of aliphatic hydroxyl groups excluding tert-OH is 1. The molecule has 5 heteroatoms. The molecule has 3 atom stereocenters. The summed E-state index contributed by atoms with van der Waals surface area (Å²) in [5.74, 6) is 0.737. The molecule has 3 N–H and O–H groups in total. The Bertz CT molecular complexity index is 791. The monoisotopic (exact) mass is 394 g/mol. The molecule has 0 aliphatic heterocycles. The molecule has 0 radical (unpaired) electrons. The molecule has 1 aliphatic rings. The average Bonchev–Trinajstić information content (AvgIpc) is 2.58. The second kappa shape index (κ2) is 8.08. The maximum absolute atomic E-state index is 10.8. The van der Waals surface area contributed by atoms with Crippen LogP contribution in [0.25, 0.3) is 0 Å². The van der Waals surface area contributed by atoms with E-state index < -0.39 is 6.10 Å². The van der Waals surface area contributed by atoms with E-state index in [9.17, 15) is 15.3 Å². The van der Waals surface area contributed by atoms with Gasteiger partial charge in [0.1, 0.15) is 11.5 Å². The lowest BCUT2D eigenvalue weighted by atomic mass is 9.82. The molecule has 0 spiro atoms. The van der Waals surface area contributed by atoms with Gasteiger partial charge in [0.15, 0.2) is 0 Å². The second-order valence-electron chi connectivity index (χ2n) is 7.36. The highest BCUT2D eigenvalue weighted by atomic mass is 35.5. The maximum atomic E-state index is 10.8. The molecular weight excluding hydrogens is 371 g/mol. The predicted octanol–water partition coefficient (Wildman–Crippen LogP) is 4.96. The summed E-state index contributed by atoms with van der Waals surface area (Å²) in [6, 6.07) is 9.10. The lowest BCUT2D eigenvalue weighted by Crippen LogP contribution is -2.30. The van der Waals surface area contributed by atoms with Crippen molar-refractivity contribution in [2.45, 2.75) is 50.5 Å². The van der Waals surface area contributed by atoms with Gasteiger partial charge in [0.25, 0.3) is 0 Å². The lowest BCUT2D eigenvalue weighted by molar-refractivity contribution is 0.113. The van der Waals surface area contributed by atoms with Gasteiger partial charge in [-0.2, -0.15) is 0 Å². The van der Waals surface area contributed by atoms with Crippen molar-refractivity contribution in [3.8, 4) is 11.5 Å². The molecule has 0 aromatic heterocycles. The first-order valence-corrected chi connectivity index (χ1v) is 9.75. The van der Waals surface area contributed by atoms with Crippen molar-refractivity contribution in [1.82, 2.24) is 0 Å². The van der Waals surface area contributed by atoms with Crippen molar-refractivity contribution >= 4 is 23.2 Å². The molecule has 0 bridgehead atoms. The van der Waals surface area contributed by atoms with Gasteiger partial charge in [0, 0.05) is 6.42 Å². The number of phenolic OH excluding ortho intramolecular Hbond substituents is 2. The summed E-state index contributed by atoms with van der Waals surface area (Å²) in [7, 11) is 0. The zero-order valence-electron chi connectivity index (χ0n) is 14.8. The highest BCUT2D eigenvalue weighted by molar-refractivity contribution is 6.32. The van der Waals surface area contributed by atoms with Crippen molar-refractivity contribution < 1.29 is 15.3 Å². The number of aromatic hydroxyl groups is 2. The number of aliphatic hydroxyl groups is 1. The molecule has 0 saturated heterocycles. The van der Waals surface area contributed by atoms with Gasteiger partial charge in [0.05, 0.1) is 16.5 Å². The number of alkyl halides is 1. The van der Waals surface area contributed by atoms with Crippen LogP contribution in [-0.4, -0.2) is 26.8 Å². The van der Waals surface area contributed by atoms with E-state index in [2.05, 4.69) is 0 Å². The minimum Gasteiger partial charge on any atom is -0.507 e. The Morgan fingerprint density at radius 3 is 2.50 bits per heavy atom. The molecule has 2 aromatic carbocycles. The molecule has 1 fully saturated rings. The van der Waals surface area contributed by atoms with E-state index in [4.69, 9.17) is 23.2 Å². The quantitative estimate of drug-likeness (QED) is 0.642. The Labute approximate surface area is 164 Å². The van der Waals surface area contributed by atoms with Crippen LogP contribution in [0, 0.1) is 12.8 Å². The van der Waals surface area contributed by atoms with Crippen molar-refractivity contribution in [1.29, 1.82) is 0 Å². The fourth-order valence-electron chi connectivity index (χ4n) is 3.78. The smallest absolute Gasteiger partial charge is 0.134 e. The molecule has 140 valence electrons. The third kappa shape index (κ3) is 4.46. The van der Waals surface area contributed by atoms with E-state index in [1.54, 1.807) is 12.1 Å². The largest absolute Gasteiger partial charge is 0.507 e. The fraction of sp³-hybridized carbons (Fsp3) is 0.429. The highest BCUT2D eigenvalue weighted by Crippen LogP contribution is 2.35. The predicted molar refractivity (Wildman–Crippen MR) is 105 cm³/mol. The highest BCUT2D eigenvalue weighted by Gasteiger charge is 2.28. The first-order chi connectivity index (χ1) is 12.3. The number of hydrogen-bond donors (Lipinski definition) is 3. The summed E-state index contributed by atoms with van der Waals surface area (Å²) in [4.78, 5) is 0. The van der Waals surface area contributed by atoms with Crippen LogP contribution in [0.1, 0.15) is 41.5 Å². The van der Waals surface area contributed by atoms with E-state index in [1.165, 1.54) is 0 Å². The summed E-state index contributed by atoms with van der Waals surface area (Å²) in [5, 5.41) is 30.2. The molecule has 26 heavy (non-hydrogen) atoms. The normalized spacial score (nSPS) is 23.2. The SMILES string of the molecule is Cc1cc(Cc2ccc(O)c(Cl)c2)c(O)c(CC2CCC(O)C(Cl)C2)c1. The first kappa shape index (κ1) is 19.3. The van der Waals surface area contributed by atoms with Crippen LogP contribution in [0.5, 0.6) is 11.5 Å². The van der Waals surface area contributed by atoms with Gasteiger partial charge >= 0.3 is 0 Å². The van der Waals surface area contributed by atoms with Crippen molar-refractivity contribution in [2.75, 3.05) is 0 Å². The molecule has 1 aliphatic carbocycles. The maximum Gasteiger partial charge on any atom is 0.134 e.